The van der Waals surface area contributed by atoms with E-state index in [4.69, 9.17) is 10.5 Å². The second-order valence-electron chi connectivity index (χ2n) is 6.16. The van der Waals surface area contributed by atoms with Crippen LogP contribution in [0.15, 0.2) is 34.2 Å². The minimum absolute atomic E-state index is 0. The zero-order chi connectivity index (χ0) is 17.6. The Balaban J connectivity index is 0.00000312. The molecule has 1 saturated heterocycles. The van der Waals surface area contributed by atoms with E-state index in [9.17, 15) is 8.42 Å². The van der Waals surface area contributed by atoms with Crippen LogP contribution in [0.3, 0.4) is 0 Å². The van der Waals surface area contributed by atoms with Gasteiger partial charge in [-0.05, 0) is 23.6 Å². The molecule has 1 aromatic carbocycles. The van der Waals surface area contributed by atoms with Crippen LogP contribution in [0.25, 0.3) is 0 Å². The predicted octanol–water partition coefficient (Wildman–Crippen LogP) is 1.39. The molecule has 9 heteroatoms. The summed E-state index contributed by atoms with van der Waals surface area (Å²) in [5, 5.41) is 0. The average molecular weight is 482 g/mol. The highest BCUT2D eigenvalue weighted by Crippen LogP contribution is 2.12. The number of rotatable bonds is 6. The molecule has 25 heavy (non-hydrogen) atoms. The minimum atomic E-state index is -3.45. The van der Waals surface area contributed by atoms with Gasteiger partial charge in [-0.1, -0.05) is 26.0 Å². The molecule has 0 bridgehead atoms. The summed E-state index contributed by atoms with van der Waals surface area (Å²) in [4.78, 5) is 6.61. The highest BCUT2D eigenvalue weighted by Gasteiger charge is 2.14. The van der Waals surface area contributed by atoms with Crippen molar-refractivity contribution < 1.29 is 13.2 Å². The summed E-state index contributed by atoms with van der Waals surface area (Å²) in [6.07, 6.45) is 0. The van der Waals surface area contributed by atoms with E-state index in [-0.39, 0.29) is 34.8 Å². The van der Waals surface area contributed by atoms with Crippen molar-refractivity contribution in [2.24, 2.45) is 16.6 Å². The Morgan fingerprint density at radius 3 is 2.44 bits per heavy atom. The number of aliphatic imine (C=N–C) groups is 1. The highest BCUT2D eigenvalue weighted by molar-refractivity contribution is 14.0. The van der Waals surface area contributed by atoms with Crippen molar-refractivity contribution in [3.63, 3.8) is 0 Å². The van der Waals surface area contributed by atoms with Gasteiger partial charge in [0, 0.05) is 19.6 Å². The van der Waals surface area contributed by atoms with E-state index < -0.39 is 10.0 Å². The van der Waals surface area contributed by atoms with E-state index in [1.165, 1.54) is 0 Å². The summed E-state index contributed by atoms with van der Waals surface area (Å²) < 4.78 is 32.2. The van der Waals surface area contributed by atoms with Crippen LogP contribution in [0.1, 0.15) is 19.4 Å². The lowest BCUT2D eigenvalue weighted by atomic mass is 10.2. The van der Waals surface area contributed by atoms with Gasteiger partial charge in [-0.15, -0.1) is 24.0 Å². The number of sulfonamides is 1. The van der Waals surface area contributed by atoms with E-state index in [1.54, 1.807) is 24.3 Å². The Morgan fingerprint density at radius 1 is 1.28 bits per heavy atom. The minimum Gasteiger partial charge on any atom is -0.378 e. The van der Waals surface area contributed by atoms with Gasteiger partial charge in [-0.25, -0.2) is 18.1 Å². The smallest absolute Gasteiger partial charge is 0.240 e. The highest BCUT2D eigenvalue weighted by atomic mass is 127. The monoisotopic (exact) mass is 482 g/mol. The van der Waals surface area contributed by atoms with Crippen LogP contribution in [0.4, 0.5) is 0 Å². The fourth-order valence-corrected chi connectivity index (χ4v) is 3.41. The van der Waals surface area contributed by atoms with Gasteiger partial charge < -0.3 is 15.4 Å². The fourth-order valence-electron chi connectivity index (χ4n) is 2.20. The first-order valence-electron chi connectivity index (χ1n) is 8.09. The van der Waals surface area contributed by atoms with E-state index in [2.05, 4.69) is 9.71 Å². The number of guanidine groups is 1. The third-order valence-corrected chi connectivity index (χ3v) is 5.11. The number of benzene rings is 1. The summed E-state index contributed by atoms with van der Waals surface area (Å²) >= 11 is 0. The van der Waals surface area contributed by atoms with Gasteiger partial charge in [-0.3, -0.25) is 0 Å². The van der Waals surface area contributed by atoms with Crippen LogP contribution in [-0.2, 0) is 21.3 Å². The lowest BCUT2D eigenvalue weighted by Crippen LogP contribution is -2.44. The quantitative estimate of drug-likeness (QED) is 0.363. The topological polar surface area (TPSA) is 97.0 Å². The van der Waals surface area contributed by atoms with E-state index in [0.717, 1.165) is 18.7 Å². The lowest BCUT2D eigenvalue weighted by Gasteiger charge is -2.27. The van der Waals surface area contributed by atoms with E-state index >= 15 is 0 Å². The summed E-state index contributed by atoms with van der Waals surface area (Å²) in [5.74, 6) is 0.755. The standard InChI is InChI=1S/C16H26N4O3S.HI/c1-13(2)11-19-24(21,22)15-5-3-14(4-6-15)12-18-16(17)20-7-9-23-10-8-20;/h3-6,13,19H,7-12H2,1-2H3,(H2,17,18);1H. The Labute approximate surface area is 167 Å². The van der Waals surface area contributed by atoms with Crippen molar-refractivity contribution in [1.29, 1.82) is 0 Å². The molecule has 1 aromatic rings. The first-order valence-corrected chi connectivity index (χ1v) is 9.58. The molecule has 3 N–H and O–H groups in total. The van der Waals surface area contributed by atoms with Crippen LogP contribution < -0.4 is 10.5 Å². The van der Waals surface area contributed by atoms with Crippen molar-refractivity contribution in [2.75, 3.05) is 32.8 Å². The van der Waals surface area contributed by atoms with Gasteiger partial charge in [0.1, 0.15) is 0 Å². The molecule has 7 nitrogen and oxygen atoms in total. The molecule has 142 valence electrons. The van der Waals surface area contributed by atoms with Crippen LogP contribution in [0, 0.1) is 5.92 Å². The lowest BCUT2D eigenvalue weighted by molar-refractivity contribution is 0.0674. The van der Waals surface area contributed by atoms with Crippen LogP contribution in [0.5, 0.6) is 0 Å². The molecule has 0 saturated carbocycles. The zero-order valence-corrected chi connectivity index (χ0v) is 17.8. The summed E-state index contributed by atoms with van der Waals surface area (Å²) in [5.41, 5.74) is 6.89. The molecule has 0 atom stereocenters. The SMILES string of the molecule is CC(C)CNS(=O)(=O)c1ccc(CN=C(N)N2CCOCC2)cc1.I. The molecule has 1 aliphatic heterocycles. The molecule has 1 aliphatic rings. The Hall–Kier alpha value is -0.910. The van der Waals surface area contributed by atoms with E-state index in [1.807, 2.05) is 18.7 Å². The van der Waals surface area contributed by atoms with Crippen LogP contribution in [-0.4, -0.2) is 52.1 Å². The number of nitrogens with zero attached hydrogens (tertiary/aromatic N) is 2. The van der Waals surface area contributed by atoms with Gasteiger partial charge in [0.2, 0.25) is 10.0 Å². The summed E-state index contributed by atoms with van der Waals surface area (Å²) in [7, 11) is -3.45. The third kappa shape index (κ3) is 7.08. The molecule has 1 fully saturated rings. The molecule has 1 heterocycles. The number of hydrogen-bond acceptors (Lipinski definition) is 4. The maximum Gasteiger partial charge on any atom is 0.240 e. The van der Waals surface area contributed by atoms with Crippen molar-refractivity contribution in [1.82, 2.24) is 9.62 Å². The van der Waals surface area contributed by atoms with Gasteiger partial charge in [0.15, 0.2) is 5.96 Å². The van der Waals surface area contributed by atoms with Gasteiger partial charge in [0.05, 0.1) is 24.7 Å². The maximum atomic E-state index is 12.1. The normalized spacial score (nSPS) is 16.0. The molecule has 0 aliphatic carbocycles. The second kappa shape index (κ2) is 10.3. The second-order valence-corrected chi connectivity index (χ2v) is 7.93. The molecule has 0 spiro atoms. The number of ether oxygens (including phenoxy) is 1. The molecular weight excluding hydrogens is 455 g/mol. The molecule has 0 amide bonds. The fraction of sp³-hybridized carbons (Fsp3) is 0.562. The number of morpholine rings is 1. The molecule has 0 aromatic heterocycles. The number of halogens is 1. The van der Waals surface area contributed by atoms with Crippen LogP contribution >= 0.6 is 24.0 Å². The van der Waals surface area contributed by atoms with Gasteiger partial charge in [0.25, 0.3) is 0 Å². The predicted molar refractivity (Wildman–Crippen MR) is 110 cm³/mol. The van der Waals surface area contributed by atoms with Crippen molar-refractivity contribution in [2.45, 2.75) is 25.3 Å². The van der Waals surface area contributed by atoms with Crippen molar-refractivity contribution in [3.05, 3.63) is 29.8 Å². The van der Waals surface area contributed by atoms with Crippen LogP contribution in [0.2, 0.25) is 0 Å². The number of nitrogens with two attached hydrogens (primary N) is 1. The van der Waals surface area contributed by atoms with Crippen molar-refractivity contribution >= 4 is 40.0 Å². The average Bonchev–Trinajstić information content (AvgIpc) is 2.59. The first kappa shape index (κ1) is 22.1. The maximum absolute atomic E-state index is 12.1. The molecule has 2 rings (SSSR count). The van der Waals surface area contributed by atoms with Gasteiger partial charge in [-0.2, -0.15) is 0 Å². The Kier molecular flexibility index (Phi) is 9.11. The zero-order valence-electron chi connectivity index (χ0n) is 14.6. The van der Waals surface area contributed by atoms with E-state index in [0.29, 0.717) is 32.3 Å². The first-order chi connectivity index (χ1) is 11.4. The molecule has 0 radical (unpaired) electrons. The Bertz CT molecular complexity index is 656. The largest absolute Gasteiger partial charge is 0.378 e. The van der Waals surface area contributed by atoms with Crippen molar-refractivity contribution in [3.8, 4) is 0 Å². The summed E-state index contributed by atoms with van der Waals surface area (Å²) in [6.45, 7) is 7.57. The molecule has 0 unspecified atom stereocenters. The van der Waals surface area contributed by atoms with Gasteiger partial charge >= 0.3 is 0 Å². The molecular formula is C16H27IN4O3S. The third-order valence-electron chi connectivity index (χ3n) is 3.67. The Morgan fingerprint density at radius 2 is 1.88 bits per heavy atom. The summed E-state index contributed by atoms with van der Waals surface area (Å²) in [6, 6.07) is 6.72. The number of hydrogen-bond donors (Lipinski definition) is 2. The number of nitrogens with one attached hydrogen (secondary N) is 1.